The number of benzene rings is 2. The summed E-state index contributed by atoms with van der Waals surface area (Å²) in [5.41, 5.74) is 1.70. The minimum Gasteiger partial charge on any atom is -0.495 e. The summed E-state index contributed by atoms with van der Waals surface area (Å²) in [7, 11) is 1.55. The number of amides is 2. The SMILES string of the molecule is COc1ccccc1NC(=O)c1ccc(NC(=O)C[NH2+][C@H](C)c2ccco2)cc1. The van der Waals surface area contributed by atoms with Crippen LogP contribution in [-0.2, 0) is 4.79 Å². The van der Waals surface area contributed by atoms with Crippen LogP contribution in [0.1, 0.15) is 29.1 Å². The molecule has 0 radical (unpaired) electrons. The van der Waals surface area contributed by atoms with Gasteiger partial charge in [0.2, 0.25) is 0 Å². The van der Waals surface area contributed by atoms with Gasteiger partial charge in [0.25, 0.3) is 11.8 Å². The van der Waals surface area contributed by atoms with Gasteiger partial charge in [-0.25, -0.2) is 0 Å². The smallest absolute Gasteiger partial charge is 0.279 e. The molecule has 0 fully saturated rings. The topological polar surface area (TPSA) is 97.2 Å². The minimum absolute atomic E-state index is 0.0526. The zero-order valence-electron chi connectivity index (χ0n) is 16.3. The lowest BCUT2D eigenvalue weighted by Gasteiger charge is -2.11. The lowest BCUT2D eigenvalue weighted by atomic mass is 10.2. The van der Waals surface area contributed by atoms with Gasteiger partial charge in [0.05, 0.1) is 19.1 Å². The predicted octanol–water partition coefficient (Wildman–Crippen LogP) is 2.80. The standard InChI is InChI=1S/C22H23N3O4/c1-15(19-8-5-13-29-19)23-14-21(26)24-17-11-9-16(10-12-17)22(27)25-18-6-3-4-7-20(18)28-2/h3-13,15,23H,14H2,1-2H3,(H,24,26)(H,25,27)/p+1/t15-/m1/s1. The molecule has 0 unspecified atom stereocenters. The Balaban J connectivity index is 1.52. The largest absolute Gasteiger partial charge is 0.495 e. The van der Waals surface area contributed by atoms with Crippen LogP contribution in [0.5, 0.6) is 5.75 Å². The number of rotatable bonds is 8. The zero-order chi connectivity index (χ0) is 20.6. The number of hydrogen-bond acceptors (Lipinski definition) is 4. The minimum atomic E-state index is -0.256. The van der Waals surface area contributed by atoms with Crippen molar-refractivity contribution >= 4 is 23.2 Å². The van der Waals surface area contributed by atoms with Crippen LogP contribution in [0, 0.1) is 0 Å². The van der Waals surface area contributed by atoms with Crippen LogP contribution in [-0.4, -0.2) is 25.5 Å². The van der Waals surface area contributed by atoms with Crippen LogP contribution in [0.15, 0.2) is 71.3 Å². The van der Waals surface area contributed by atoms with Crippen molar-refractivity contribution in [1.82, 2.24) is 0 Å². The van der Waals surface area contributed by atoms with Crippen LogP contribution >= 0.6 is 0 Å². The average molecular weight is 394 g/mol. The maximum Gasteiger partial charge on any atom is 0.279 e. The third-order valence-electron chi connectivity index (χ3n) is 4.43. The number of carbonyl (C=O) groups excluding carboxylic acids is 2. The van der Waals surface area contributed by atoms with Crippen molar-refractivity contribution in [3.05, 3.63) is 78.3 Å². The van der Waals surface area contributed by atoms with E-state index in [1.165, 1.54) is 0 Å². The van der Waals surface area contributed by atoms with E-state index in [1.807, 2.05) is 36.5 Å². The quantitative estimate of drug-likeness (QED) is 0.547. The van der Waals surface area contributed by atoms with Gasteiger partial charge in [-0.3, -0.25) is 9.59 Å². The molecular weight excluding hydrogens is 370 g/mol. The molecule has 1 aromatic heterocycles. The Morgan fingerprint density at radius 2 is 1.79 bits per heavy atom. The van der Waals surface area contributed by atoms with Gasteiger partial charge in [0.15, 0.2) is 12.3 Å². The summed E-state index contributed by atoms with van der Waals surface area (Å²) in [6.07, 6.45) is 1.62. The summed E-state index contributed by atoms with van der Waals surface area (Å²) in [5, 5.41) is 7.54. The second-order valence-electron chi connectivity index (χ2n) is 6.52. The van der Waals surface area contributed by atoms with E-state index >= 15 is 0 Å². The van der Waals surface area contributed by atoms with Crippen molar-refractivity contribution in [2.45, 2.75) is 13.0 Å². The molecule has 150 valence electrons. The fourth-order valence-corrected chi connectivity index (χ4v) is 2.81. The number of hydrogen-bond donors (Lipinski definition) is 3. The van der Waals surface area contributed by atoms with Crippen molar-refractivity contribution in [2.24, 2.45) is 0 Å². The number of nitrogens with one attached hydrogen (secondary N) is 2. The monoisotopic (exact) mass is 394 g/mol. The molecule has 0 aliphatic rings. The molecule has 1 heterocycles. The summed E-state index contributed by atoms with van der Waals surface area (Å²) < 4.78 is 10.6. The molecule has 1 atom stereocenters. The molecule has 0 bridgehead atoms. The third kappa shape index (κ3) is 5.46. The van der Waals surface area contributed by atoms with E-state index < -0.39 is 0 Å². The summed E-state index contributed by atoms with van der Waals surface area (Å²) in [6, 6.07) is 17.7. The maximum atomic E-state index is 12.4. The van der Waals surface area contributed by atoms with Gasteiger partial charge in [-0.15, -0.1) is 0 Å². The van der Waals surface area contributed by atoms with E-state index in [2.05, 4.69) is 10.6 Å². The molecule has 29 heavy (non-hydrogen) atoms. The molecule has 4 N–H and O–H groups in total. The molecule has 0 aliphatic carbocycles. The molecule has 0 spiro atoms. The number of anilines is 2. The first-order valence-electron chi connectivity index (χ1n) is 9.28. The number of ether oxygens (including phenoxy) is 1. The van der Waals surface area contributed by atoms with Crippen molar-refractivity contribution in [3.63, 3.8) is 0 Å². The first-order chi connectivity index (χ1) is 14.1. The highest BCUT2D eigenvalue weighted by Gasteiger charge is 2.14. The highest BCUT2D eigenvalue weighted by atomic mass is 16.5. The lowest BCUT2D eigenvalue weighted by molar-refractivity contribution is -0.684. The van der Waals surface area contributed by atoms with E-state index in [0.717, 1.165) is 5.76 Å². The Morgan fingerprint density at radius 3 is 2.48 bits per heavy atom. The van der Waals surface area contributed by atoms with Crippen LogP contribution < -0.4 is 20.7 Å². The first kappa shape index (κ1) is 20.2. The van der Waals surface area contributed by atoms with Gasteiger partial charge < -0.3 is 25.1 Å². The molecule has 2 aromatic carbocycles. The molecule has 0 saturated carbocycles. The van der Waals surface area contributed by atoms with E-state index in [9.17, 15) is 9.59 Å². The summed E-state index contributed by atoms with van der Waals surface area (Å²) in [6.45, 7) is 2.24. The molecule has 0 aliphatic heterocycles. The molecule has 3 rings (SSSR count). The molecule has 7 nitrogen and oxygen atoms in total. The Hall–Kier alpha value is -3.58. The van der Waals surface area contributed by atoms with Gasteiger partial charge in [0, 0.05) is 11.3 Å². The van der Waals surface area contributed by atoms with E-state index in [0.29, 0.717) is 22.7 Å². The molecule has 7 heteroatoms. The number of methoxy groups -OCH3 is 1. The summed E-state index contributed by atoms with van der Waals surface area (Å²) >= 11 is 0. The second-order valence-corrected chi connectivity index (χ2v) is 6.52. The van der Waals surface area contributed by atoms with Crippen LogP contribution in [0.4, 0.5) is 11.4 Å². The average Bonchev–Trinajstić information content (AvgIpc) is 3.28. The first-order valence-corrected chi connectivity index (χ1v) is 9.28. The zero-order valence-corrected chi connectivity index (χ0v) is 16.3. The second kappa shape index (κ2) is 9.57. The van der Waals surface area contributed by atoms with E-state index in [4.69, 9.17) is 9.15 Å². The number of carbonyl (C=O) groups is 2. The van der Waals surface area contributed by atoms with Gasteiger partial charge in [-0.1, -0.05) is 12.1 Å². The molecular formula is C22H24N3O4+. The number of quaternary nitrogens is 1. The fourth-order valence-electron chi connectivity index (χ4n) is 2.81. The number of nitrogens with two attached hydrogens (primary N) is 1. The number of furan rings is 1. The van der Waals surface area contributed by atoms with E-state index in [-0.39, 0.29) is 24.4 Å². The highest BCUT2D eigenvalue weighted by molar-refractivity contribution is 6.05. The Bertz CT molecular complexity index is 952. The third-order valence-corrected chi connectivity index (χ3v) is 4.43. The lowest BCUT2D eigenvalue weighted by Crippen LogP contribution is -2.86. The van der Waals surface area contributed by atoms with Crippen LogP contribution in [0.2, 0.25) is 0 Å². The van der Waals surface area contributed by atoms with Gasteiger partial charge in [-0.2, -0.15) is 0 Å². The Morgan fingerprint density at radius 1 is 1.03 bits per heavy atom. The van der Waals surface area contributed by atoms with Crippen molar-refractivity contribution < 1.29 is 24.1 Å². The van der Waals surface area contributed by atoms with Gasteiger partial charge >= 0.3 is 0 Å². The van der Waals surface area contributed by atoms with Crippen molar-refractivity contribution in [2.75, 3.05) is 24.3 Å². The number of para-hydroxylation sites is 2. The highest BCUT2D eigenvalue weighted by Crippen LogP contribution is 2.23. The van der Waals surface area contributed by atoms with Crippen molar-refractivity contribution in [3.8, 4) is 5.75 Å². The summed E-state index contributed by atoms with van der Waals surface area (Å²) in [4.78, 5) is 24.6. The normalized spacial score (nSPS) is 11.5. The maximum absolute atomic E-state index is 12.4. The molecule has 3 aromatic rings. The molecule has 0 saturated heterocycles. The van der Waals surface area contributed by atoms with Gasteiger partial charge in [-0.05, 0) is 55.5 Å². The van der Waals surface area contributed by atoms with Crippen molar-refractivity contribution in [1.29, 1.82) is 0 Å². The van der Waals surface area contributed by atoms with Crippen LogP contribution in [0.3, 0.4) is 0 Å². The Labute approximate surface area is 169 Å². The van der Waals surface area contributed by atoms with E-state index in [1.54, 1.807) is 49.8 Å². The Kier molecular flexibility index (Phi) is 6.65. The molecule has 2 amide bonds. The van der Waals surface area contributed by atoms with Gasteiger partial charge in [0.1, 0.15) is 11.8 Å². The summed E-state index contributed by atoms with van der Waals surface area (Å²) in [5.74, 6) is 1.02. The van der Waals surface area contributed by atoms with Crippen LogP contribution in [0.25, 0.3) is 0 Å². The fraction of sp³-hybridized carbons (Fsp3) is 0.182. The predicted molar refractivity (Wildman–Crippen MR) is 110 cm³/mol.